The van der Waals surface area contributed by atoms with E-state index in [0.29, 0.717) is 45.1 Å². The third-order valence-corrected chi connectivity index (χ3v) is 5.63. The predicted molar refractivity (Wildman–Crippen MR) is 133 cm³/mol. The molecule has 32 heavy (non-hydrogen) atoms. The van der Waals surface area contributed by atoms with Gasteiger partial charge in [-0.25, -0.2) is 0 Å². The van der Waals surface area contributed by atoms with E-state index in [0.717, 1.165) is 29.4 Å². The van der Waals surface area contributed by atoms with E-state index in [1.165, 1.54) is 11.8 Å². The van der Waals surface area contributed by atoms with Crippen molar-refractivity contribution >= 4 is 35.8 Å². The second-order valence-corrected chi connectivity index (χ2v) is 7.79. The van der Waals surface area contributed by atoms with Gasteiger partial charge in [0.25, 0.3) is 5.91 Å². The maximum Gasteiger partial charge on any atom is 0.289 e. The summed E-state index contributed by atoms with van der Waals surface area (Å²) in [6.45, 7) is 7.91. The zero-order valence-corrected chi connectivity index (χ0v) is 21.1. The quantitative estimate of drug-likeness (QED) is 0.348. The lowest BCUT2D eigenvalue weighted by Crippen LogP contribution is -2.53. The van der Waals surface area contributed by atoms with Crippen molar-refractivity contribution in [3.63, 3.8) is 0 Å². The first-order valence-corrected chi connectivity index (χ1v) is 10.8. The molecule has 4 rings (SSSR count). The summed E-state index contributed by atoms with van der Waals surface area (Å²) in [5.41, 5.74) is 2.24. The molecule has 8 nitrogen and oxygen atoms in total. The van der Waals surface area contributed by atoms with Crippen molar-refractivity contribution in [3.8, 4) is 11.5 Å². The van der Waals surface area contributed by atoms with Gasteiger partial charge in [0.15, 0.2) is 11.7 Å². The highest BCUT2D eigenvalue weighted by atomic mass is 127. The van der Waals surface area contributed by atoms with Gasteiger partial charge in [0.1, 0.15) is 17.6 Å². The average molecular weight is 554 g/mol. The van der Waals surface area contributed by atoms with Gasteiger partial charge in [-0.05, 0) is 38.1 Å². The normalized spacial score (nSPS) is 18.0. The number of fused-ring (bicyclic) bond motifs is 1. The molecule has 0 radical (unpaired) electrons. The molecule has 0 spiro atoms. The van der Waals surface area contributed by atoms with Crippen molar-refractivity contribution in [1.29, 1.82) is 0 Å². The van der Waals surface area contributed by atoms with Crippen LogP contribution in [0.4, 0.5) is 0 Å². The van der Waals surface area contributed by atoms with Crippen LogP contribution in [0.15, 0.2) is 39.9 Å². The highest BCUT2D eigenvalue weighted by molar-refractivity contribution is 14.0. The van der Waals surface area contributed by atoms with E-state index in [2.05, 4.69) is 34.3 Å². The van der Waals surface area contributed by atoms with E-state index in [1.807, 2.05) is 11.8 Å². The average Bonchev–Trinajstić information content (AvgIpc) is 3.43. The molecule has 9 heteroatoms. The number of carbonyl (C=O) groups is 1. The molecule has 0 bridgehead atoms. The number of carbonyl (C=O) groups excluding carboxylic acids is 1. The van der Waals surface area contributed by atoms with Crippen LogP contribution in [0.25, 0.3) is 0 Å². The van der Waals surface area contributed by atoms with Crippen LogP contribution < -0.4 is 14.8 Å². The molecule has 2 aliphatic rings. The van der Waals surface area contributed by atoms with E-state index < -0.39 is 0 Å². The van der Waals surface area contributed by atoms with Crippen LogP contribution in [0.3, 0.4) is 0 Å². The molecule has 3 heterocycles. The first kappa shape index (κ1) is 24.2. The summed E-state index contributed by atoms with van der Waals surface area (Å²) >= 11 is 0. The fourth-order valence-electron chi connectivity index (χ4n) is 4.09. The van der Waals surface area contributed by atoms with Gasteiger partial charge < -0.3 is 29.0 Å². The largest absolute Gasteiger partial charge is 0.494 e. The summed E-state index contributed by atoms with van der Waals surface area (Å²) in [7, 11) is 1.78. The van der Waals surface area contributed by atoms with Crippen LogP contribution >= 0.6 is 24.0 Å². The Labute approximate surface area is 206 Å². The number of nitrogens with one attached hydrogen (secondary N) is 1. The summed E-state index contributed by atoms with van der Waals surface area (Å²) in [5, 5.41) is 3.45. The van der Waals surface area contributed by atoms with Crippen LogP contribution in [-0.2, 0) is 13.0 Å². The Kier molecular flexibility index (Phi) is 8.27. The second-order valence-electron chi connectivity index (χ2n) is 7.79. The van der Waals surface area contributed by atoms with Gasteiger partial charge in [-0.15, -0.1) is 24.0 Å². The van der Waals surface area contributed by atoms with Gasteiger partial charge in [0.2, 0.25) is 0 Å². The third-order valence-electron chi connectivity index (χ3n) is 5.63. The number of halogens is 1. The molecule has 1 atom stereocenters. The number of ether oxygens (including phenoxy) is 2. The Morgan fingerprint density at radius 2 is 2.00 bits per heavy atom. The highest BCUT2D eigenvalue weighted by Gasteiger charge is 2.26. The molecule has 174 valence electrons. The molecular weight excluding hydrogens is 523 g/mol. The van der Waals surface area contributed by atoms with E-state index in [-0.39, 0.29) is 36.0 Å². The van der Waals surface area contributed by atoms with Crippen molar-refractivity contribution in [1.82, 2.24) is 15.1 Å². The van der Waals surface area contributed by atoms with Crippen LogP contribution in [0.1, 0.15) is 35.5 Å². The Bertz CT molecular complexity index is 940. The Morgan fingerprint density at radius 3 is 2.66 bits per heavy atom. The highest BCUT2D eigenvalue weighted by Crippen LogP contribution is 2.35. The van der Waals surface area contributed by atoms with Gasteiger partial charge in [-0.1, -0.05) is 0 Å². The Hall–Kier alpha value is -2.43. The van der Waals surface area contributed by atoms with Crippen LogP contribution in [-0.4, -0.2) is 67.6 Å². The SMILES string of the molecule is CCOc1cc2c(cc1CNC(=NC)N1CCN(C(=O)c3ccco3)CC1)OC(C)C2.I. The van der Waals surface area contributed by atoms with Crippen molar-refractivity contribution in [2.24, 2.45) is 4.99 Å². The number of hydrogen-bond acceptors (Lipinski definition) is 5. The molecule has 1 N–H and O–H groups in total. The number of rotatable bonds is 5. The topological polar surface area (TPSA) is 79.5 Å². The summed E-state index contributed by atoms with van der Waals surface area (Å²) < 4.78 is 17.0. The van der Waals surface area contributed by atoms with Gasteiger partial charge in [0, 0.05) is 57.3 Å². The summed E-state index contributed by atoms with van der Waals surface area (Å²) in [4.78, 5) is 20.9. The van der Waals surface area contributed by atoms with E-state index in [4.69, 9.17) is 13.9 Å². The van der Waals surface area contributed by atoms with Gasteiger partial charge >= 0.3 is 0 Å². The molecule has 1 saturated heterocycles. The molecule has 0 aliphatic carbocycles. The molecule has 1 aromatic carbocycles. The minimum atomic E-state index is -0.0682. The monoisotopic (exact) mass is 554 g/mol. The smallest absolute Gasteiger partial charge is 0.289 e. The number of benzene rings is 1. The lowest BCUT2D eigenvalue weighted by molar-refractivity contribution is 0.0657. The molecule has 0 saturated carbocycles. The zero-order chi connectivity index (χ0) is 21.8. The maximum atomic E-state index is 12.5. The van der Waals surface area contributed by atoms with Crippen molar-refractivity contribution in [2.45, 2.75) is 32.9 Å². The van der Waals surface area contributed by atoms with Crippen LogP contribution in [0.5, 0.6) is 11.5 Å². The van der Waals surface area contributed by atoms with E-state index >= 15 is 0 Å². The van der Waals surface area contributed by atoms with Gasteiger partial charge in [-0.2, -0.15) is 0 Å². The molecular formula is C23H31IN4O4. The molecule has 1 aromatic heterocycles. The first-order chi connectivity index (χ1) is 15.1. The standard InChI is InChI=1S/C23H30N4O4.HI/c1-4-29-20-13-17-12-16(2)31-21(17)14-18(20)15-25-23(24-3)27-9-7-26(8-10-27)22(28)19-6-5-11-30-19;/h5-6,11,13-14,16H,4,7-10,12,15H2,1-3H3,(H,24,25);1H. The van der Waals surface area contributed by atoms with Crippen molar-refractivity contribution in [3.05, 3.63) is 47.4 Å². The maximum absolute atomic E-state index is 12.5. The van der Waals surface area contributed by atoms with Crippen LogP contribution in [0, 0.1) is 0 Å². The molecule has 2 aliphatic heterocycles. The Morgan fingerprint density at radius 1 is 1.25 bits per heavy atom. The number of guanidine groups is 1. The molecule has 1 unspecified atom stereocenters. The van der Waals surface area contributed by atoms with Gasteiger partial charge in [0.05, 0.1) is 12.9 Å². The summed E-state index contributed by atoms with van der Waals surface area (Å²) in [5.74, 6) is 2.94. The predicted octanol–water partition coefficient (Wildman–Crippen LogP) is 3.15. The molecule has 1 amide bonds. The van der Waals surface area contributed by atoms with Crippen molar-refractivity contribution < 1.29 is 18.7 Å². The number of nitrogens with zero attached hydrogens (tertiary/aromatic N) is 3. The summed E-state index contributed by atoms with van der Waals surface area (Å²) in [6.07, 6.45) is 2.63. The fraction of sp³-hybridized carbons (Fsp3) is 0.478. The summed E-state index contributed by atoms with van der Waals surface area (Å²) in [6, 6.07) is 7.61. The number of piperazine rings is 1. The van der Waals surface area contributed by atoms with E-state index in [1.54, 1.807) is 19.2 Å². The molecule has 2 aromatic rings. The minimum Gasteiger partial charge on any atom is -0.494 e. The zero-order valence-electron chi connectivity index (χ0n) is 18.8. The first-order valence-electron chi connectivity index (χ1n) is 10.8. The number of furan rings is 1. The number of aliphatic imine (C=N–C) groups is 1. The van der Waals surface area contributed by atoms with Gasteiger partial charge in [-0.3, -0.25) is 9.79 Å². The lowest BCUT2D eigenvalue weighted by Gasteiger charge is -2.36. The number of hydrogen-bond donors (Lipinski definition) is 1. The van der Waals surface area contributed by atoms with Crippen LogP contribution in [0.2, 0.25) is 0 Å². The minimum absolute atomic E-state index is 0. The van der Waals surface area contributed by atoms with Crippen molar-refractivity contribution in [2.75, 3.05) is 39.8 Å². The fourth-order valence-corrected chi connectivity index (χ4v) is 4.09. The lowest BCUT2D eigenvalue weighted by atomic mass is 10.1. The third kappa shape index (κ3) is 5.31. The van der Waals surface area contributed by atoms with E-state index in [9.17, 15) is 4.79 Å². The molecule has 1 fully saturated rings. The number of amides is 1. The Balaban J connectivity index is 0.00000289. The second kappa shape index (κ2) is 10.9.